The first-order valence-electron chi connectivity index (χ1n) is 6.50. The predicted octanol–water partition coefficient (Wildman–Crippen LogP) is 2.57. The third kappa shape index (κ3) is 4.28. The smallest absolute Gasteiger partial charge is 0.319 e. The Kier molecular flexibility index (Phi) is 4.04. The van der Waals surface area contributed by atoms with E-state index >= 15 is 0 Å². The Balaban J connectivity index is 1.84. The molecule has 1 atom stereocenters. The van der Waals surface area contributed by atoms with Crippen LogP contribution in [0.4, 0.5) is 16.2 Å². The van der Waals surface area contributed by atoms with Gasteiger partial charge >= 0.3 is 6.03 Å². The number of carbonyl (C=O) groups excluding carboxylic acids is 2. The number of rotatable bonds is 4. The Morgan fingerprint density at radius 3 is 2.11 bits per heavy atom. The van der Waals surface area contributed by atoms with Crippen LogP contribution < -0.4 is 16.0 Å². The molecule has 102 valence electrons. The number of anilines is 2. The van der Waals surface area contributed by atoms with Crippen LogP contribution in [0.5, 0.6) is 0 Å². The van der Waals surface area contributed by atoms with Crippen LogP contribution in [-0.4, -0.2) is 18.0 Å². The molecule has 5 heteroatoms. The van der Waals surface area contributed by atoms with Crippen molar-refractivity contribution in [2.24, 2.45) is 5.92 Å². The Labute approximate surface area is 112 Å². The van der Waals surface area contributed by atoms with Crippen molar-refractivity contribution >= 4 is 23.3 Å². The quantitative estimate of drug-likeness (QED) is 0.779. The third-order valence-electron chi connectivity index (χ3n) is 3.15. The standard InChI is InChI=1S/C14H19N3O2/c1-9(11-3-4-11)15-14(19)17-13-7-5-12(6-8-13)16-10(2)18/h5-9,11H,3-4H2,1-2H3,(H,16,18)(H2,15,17,19). The number of hydrogen-bond acceptors (Lipinski definition) is 2. The van der Waals surface area contributed by atoms with Crippen LogP contribution in [0.25, 0.3) is 0 Å². The molecule has 0 aromatic heterocycles. The summed E-state index contributed by atoms with van der Waals surface area (Å²) in [7, 11) is 0. The van der Waals surface area contributed by atoms with Crippen molar-refractivity contribution in [1.29, 1.82) is 0 Å². The molecule has 1 aromatic carbocycles. The van der Waals surface area contributed by atoms with E-state index in [0.29, 0.717) is 17.3 Å². The second kappa shape index (κ2) is 5.73. The number of carbonyl (C=O) groups is 2. The summed E-state index contributed by atoms with van der Waals surface area (Å²) in [6, 6.07) is 7.05. The molecule has 0 aliphatic heterocycles. The van der Waals surface area contributed by atoms with Crippen LogP contribution in [0.15, 0.2) is 24.3 Å². The van der Waals surface area contributed by atoms with Crippen LogP contribution in [0.3, 0.4) is 0 Å². The summed E-state index contributed by atoms with van der Waals surface area (Å²) in [6.45, 7) is 3.48. The molecule has 0 heterocycles. The maximum atomic E-state index is 11.7. The van der Waals surface area contributed by atoms with E-state index in [1.165, 1.54) is 19.8 Å². The summed E-state index contributed by atoms with van der Waals surface area (Å²) >= 11 is 0. The monoisotopic (exact) mass is 261 g/mol. The van der Waals surface area contributed by atoms with Gasteiger partial charge < -0.3 is 16.0 Å². The highest BCUT2D eigenvalue weighted by atomic mass is 16.2. The molecule has 1 unspecified atom stereocenters. The lowest BCUT2D eigenvalue weighted by Gasteiger charge is -2.13. The Morgan fingerprint density at radius 1 is 1.11 bits per heavy atom. The van der Waals surface area contributed by atoms with Gasteiger partial charge in [-0.15, -0.1) is 0 Å². The molecule has 2 rings (SSSR count). The molecule has 1 saturated carbocycles. The highest BCUT2D eigenvalue weighted by molar-refractivity contribution is 5.91. The van der Waals surface area contributed by atoms with Crippen LogP contribution >= 0.6 is 0 Å². The molecular weight excluding hydrogens is 242 g/mol. The topological polar surface area (TPSA) is 70.2 Å². The number of benzene rings is 1. The first kappa shape index (κ1) is 13.4. The zero-order valence-corrected chi connectivity index (χ0v) is 11.2. The molecule has 1 aliphatic carbocycles. The third-order valence-corrected chi connectivity index (χ3v) is 3.15. The van der Waals surface area contributed by atoms with E-state index in [-0.39, 0.29) is 18.0 Å². The first-order chi connectivity index (χ1) is 9.04. The molecule has 0 radical (unpaired) electrons. The van der Waals surface area contributed by atoms with Crippen molar-refractivity contribution in [1.82, 2.24) is 5.32 Å². The molecule has 0 spiro atoms. The van der Waals surface area contributed by atoms with E-state index in [0.717, 1.165) is 0 Å². The van der Waals surface area contributed by atoms with E-state index in [1.54, 1.807) is 24.3 Å². The highest BCUT2D eigenvalue weighted by Gasteiger charge is 2.28. The van der Waals surface area contributed by atoms with Crippen molar-refractivity contribution < 1.29 is 9.59 Å². The lowest BCUT2D eigenvalue weighted by Crippen LogP contribution is -2.37. The lowest BCUT2D eigenvalue weighted by atomic mass is 10.2. The van der Waals surface area contributed by atoms with Crippen molar-refractivity contribution in [3.63, 3.8) is 0 Å². The molecule has 1 aromatic rings. The van der Waals surface area contributed by atoms with E-state index < -0.39 is 0 Å². The minimum Gasteiger partial charge on any atom is -0.335 e. The van der Waals surface area contributed by atoms with E-state index in [2.05, 4.69) is 16.0 Å². The summed E-state index contributed by atoms with van der Waals surface area (Å²) in [5, 5.41) is 8.36. The maximum absolute atomic E-state index is 11.7. The first-order valence-corrected chi connectivity index (χ1v) is 6.50. The Bertz CT molecular complexity index is 466. The summed E-state index contributed by atoms with van der Waals surface area (Å²) in [5.41, 5.74) is 1.42. The molecular formula is C14H19N3O2. The van der Waals surface area contributed by atoms with Gasteiger partial charge in [0.1, 0.15) is 0 Å². The van der Waals surface area contributed by atoms with Gasteiger partial charge in [-0.25, -0.2) is 4.79 Å². The fraction of sp³-hybridized carbons (Fsp3) is 0.429. The summed E-state index contributed by atoms with van der Waals surface area (Å²) in [6.07, 6.45) is 2.40. The average Bonchev–Trinajstić information content (AvgIpc) is 3.14. The highest BCUT2D eigenvalue weighted by Crippen LogP contribution is 2.32. The largest absolute Gasteiger partial charge is 0.335 e. The fourth-order valence-electron chi connectivity index (χ4n) is 1.93. The fourth-order valence-corrected chi connectivity index (χ4v) is 1.93. The number of amides is 3. The molecule has 19 heavy (non-hydrogen) atoms. The second-order valence-electron chi connectivity index (χ2n) is 4.98. The van der Waals surface area contributed by atoms with Gasteiger partial charge in [0.05, 0.1) is 0 Å². The Hall–Kier alpha value is -2.04. The molecule has 1 aliphatic rings. The Morgan fingerprint density at radius 2 is 1.63 bits per heavy atom. The molecule has 0 saturated heterocycles. The van der Waals surface area contributed by atoms with Gasteiger partial charge in [0.25, 0.3) is 0 Å². The molecule has 3 N–H and O–H groups in total. The SMILES string of the molecule is CC(=O)Nc1ccc(NC(=O)NC(C)C2CC2)cc1. The van der Waals surface area contributed by atoms with Crippen LogP contribution in [-0.2, 0) is 4.79 Å². The van der Waals surface area contributed by atoms with Gasteiger partial charge in [-0.05, 0) is 49.9 Å². The number of hydrogen-bond donors (Lipinski definition) is 3. The van der Waals surface area contributed by atoms with Gasteiger partial charge in [0.15, 0.2) is 0 Å². The van der Waals surface area contributed by atoms with Gasteiger partial charge in [-0.3, -0.25) is 4.79 Å². The zero-order valence-electron chi connectivity index (χ0n) is 11.2. The maximum Gasteiger partial charge on any atom is 0.319 e. The lowest BCUT2D eigenvalue weighted by molar-refractivity contribution is -0.114. The van der Waals surface area contributed by atoms with Crippen molar-refractivity contribution in [3.8, 4) is 0 Å². The summed E-state index contributed by atoms with van der Waals surface area (Å²) in [5.74, 6) is 0.518. The van der Waals surface area contributed by atoms with E-state index in [4.69, 9.17) is 0 Å². The van der Waals surface area contributed by atoms with Crippen molar-refractivity contribution in [2.75, 3.05) is 10.6 Å². The molecule has 1 fully saturated rings. The van der Waals surface area contributed by atoms with Crippen LogP contribution in [0.1, 0.15) is 26.7 Å². The van der Waals surface area contributed by atoms with Crippen molar-refractivity contribution in [3.05, 3.63) is 24.3 Å². The van der Waals surface area contributed by atoms with Crippen LogP contribution in [0.2, 0.25) is 0 Å². The van der Waals surface area contributed by atoms with Gasteiger partial charge in [-0.1, -0.05) is 0 Å². The average molecular weight is 261 g/mol. The van der Waals surface area contributed by atoms with Gasteiger partial charge in [-0.2, -0.15) is 0 Å². The number of urea groups is 1. The van der Waals surface area contributed by atoms with E-state index in [9.17, 15) is 9.59 Å². The van der Waals surface area contributed by atoms with Gasteiger partial charge in [0.2, 0.25) is 5.91 Å². The predicted molar refractivity (Wildman–Crippen MR) is 75.1 cm³/mol. The molecule has 3 amide bonds. The number of nitrogens with one attached hydrogen (secondary N) is 3. The normalized spacial score (nSPS) is 15.5. The summed E-state index contributed by atoms with van der Waals surface area (Å²) in [4.78, 5) is 22.6. The zero-order chi connectivity index (χ0) is 13.8. The minimum atomic E-state index is -0.188. The van der Waals surface area contributed by atoms with E-state index in [1.807, 2.05) is 6.92 Å². The van der Waals surface area contributed by atoms with Gasteiger partial charge in [0, 0.05) is 24.3 Å². The van der Waals surface area contributed by atoms with Crippen molar-refractivity contribution in [2.45, 2.75) is 32.7 Å². The minimum absolute atomic E-state index is 0.114. The summed E-state index contributed by atoms with van der Waals surface area (Å²) < 4.78 is 0. The second-order valence-corrected chi connectivity index (χ2v) is 4.98. The molecule has 0 bridgehead atoms. The van der Waals surface area contributed by atoms with Crippen LogP contribution in [0, 0.1) is 5.92 Å². The molecule has 5 nitrogen and oxygen atoms in total.